The van der Waals surface area contributed by atoms with Crippen LogP contribution in [0.15, 0.2) is 52.9 Å². The van der Waals surface area contributed by atoms with Gasteiger partial charge >= 0.3 is 0 Å². The average molecular weight is 372 g/mol. The Morgan fingerprint density at radius 1 is 0.815 bits per heavy atom. The highest BCUT2D eigenvalue weighted by atomic mass is 19.1. The summed E-state index contributed by atoms with van der Waals surface area (Å²) in [7, 11) is 0. The lowest BCUT2D eigenvalue weighted by molar-refractivity contribution is -1.02. The monoisotopic (exact) mass is 372 g/mol. The smallest absolute Gasteiger partial charge is 0.271 e. The van der Waals surface area contributed by atoms with Crippen molar-refractivity contribution in [3.8, 4) is 11.5 Å². The van der Waals surface area contributed by atoms with Gasteiger partial charge in [-0.2, -0.15) is 0 Å². The largest absolute Gasteiger partial charge is 0.415 e. The maximum atomic E-state index is 13.8. The minimum atomic E-state index is -0.293. The molecule has 1 aliphatic heterocycles. The maximum Gasteiger partial charge on any atom is 0.271 e. The maximum absolute atomic E-state index is 13.8. The van der Waals surface area contributed by atoms with Crippen LogP contribution in [0.5, 0.6) is 0 Å². The fourth-order valence-electron chi connectivity index (χ4n) is 3.47. The average Bonchev–Trinajstić information content (AvgIpc) is 3.14. The zero-order valence-corrected chi connectivity index (χ0v) is 14.9. The number of hydrogen-bond donors (Lipinski definition) is 2. The Morgan fingerprint density at radius 3 is 2.19 bits per heavy atom. The summed E-state index contributed by atoms with van der Waals surface area (Å²) in [5, 5.41) is 8.18. The first-order valence-corrected chi connectivity index (χ1v) is 9.16. The molecule has 0 bridgehead atoms. The van der Waals surface area contributed by atoms with Gasteiger partial charge in [0.25, 0.3) is 5.89 Å². The van der Waals surface area contributed by atoms with E-state index in [9.17, 15) is 8.78 Å². The quantitative estimate of drug-likeness (QED) is 0.686. The van der Waals surface area contributed by atoms with Crippen LogP contribution in [-0.4, -0.2) is 36.4 Å². The number of rotatable bonds is 5. The summed E-state index contributed by atoms with van der Waals surface area (Å²) in [4.78, 5) is 2.77. The van der Waals surface area contributed by atoms with E-state index in [-0.39, 0.29) is 11.6 Å². The zero-order chi connectivity index (χ0) is 18.6. The Hall–Kier alpha value is -2.64. The van der Waals surface area contributed by atoms with Gasteiger partial charge in [0.2, 0.25) is 5.89 Å². The molecular formula is C20H22F2N4O+2. The molecular weight excluding hydrogens is 350 g/mol. The first kappa shape index (κ1) is 17.8. The molecule has 2 N–H and O–H groups in total. The number of nitrogens with zero attached hydrogens (tertiary/aromatic N) is 2. The van der Waals surface area contributed by atoms with Crippen molar-refractivity contribution in [2.24, 2.45) is 0 Å². The molecule has 27 heavy (non-hydrogen) atoms. The molecule has 2 aromatic carbocycles. The van der Waals surface area contributed by atoms with Gasteiger partial charge in [-0.3, -0.25) is 0 Å². The van der Waals surface area contributed by atoms with Crippen molar-refractivity contribution in [2.45, 2.75) is 13.1 Å². The molecule has 0 radical (unpaired) electrons. The molecule has 5 nitrogen and oxygen atoms in total. The van der Waals surface area contributed by atoms with Crippen LogP contribution < -0.4 is 9.80 Å². The molecule has 0 unspecified atom stereocenters. The third kappa shape index (κ3) is 4.37. The molecule has 2 heterocycles. The molecule has 0 spiro atoms. The molecule has 1 fully saturated rings. The van der Waals surface area contributed by atoms with Gasteiger partial charge in [-0.15, -0.1) is 10.2 Å². The Balaban J connectivity index is 1.31. The van der Waals surface area contributed by atoms with Crippen molar-refractivity contribution in [1.82, 2.24) is 10.2 Å². The number of piperazine rings is 1. The minimum absolute atomic E-state index is 0.126. The van der Waals surface area contributed by atoms with E-state index in [2.05, 4.69) is 10.2 Å². The summed E-state index contributed by atoms with van der Waals surface area (Å²) in [6.45, 7) is 5.28. The normalized spacial score (nSPS) is 19.9. The topological polar surface area (TPSA) is 47.8 Å². The first-order chi connectivity index (χ1) is 13.2. The minimum Gasteiger partial charge on any atom is -0.415 e. The van der Waals surface area contributed by atoms with Gasteiger partial charge in [-0.1, -0.05) is 18.2 Å². The summed E-state index contributed by atoms with van der Waals surface area (Å²) in [5.41, 5.74) is 1.49. The lowest BCUT2D eigenvalue weighted by atomic mass is 10.2. The number of benzene rings is 2. The van der Waals surface area contributed by atoms with Crippen molar-refractivity contribution in [3.63, 3.8) is 0 Å². The van der Waals surface area contributed by atoms with Crippen LogP contribution in [0, 0.1) is 11.6 Å². The standard InChI is InChI=1S/C20H20F2N4O/c21-17-7-5-15(6-8-17)20-24-23-19(27-20)14-26-11-9-25(10-12-26)13-16-3-1-2-4-18(16)22/h1-8H,9-14H2/p+2. The highest BCUT2D eigenvalue weighted by molar-refractivity contribution is 5.51. The fraction of sp³-hybridized carbons (Fsp3) is 0.300. The predicted molar refractivity (Wildman–Crippen MR) is 94.9 cm³/mol. The van der Waals surface area contributed by atoms with Gasteiger partial charge in [0.05, 0.1) is 0 Å². The van der Waals surface area contributed by atoms with Crippen molar-refractivity contribution in [2.75, 3.05) is 26.2 Å². The third-order valence-electron chi connectivity index (χ3n) is 5.02. The summed E-state index contributed by atoms with van der Waals surface area (Å²) >= 11 is 0. The molecule has 0 aliphatic carbocycles. The molecule has 7 heteroatoms. The first-order valence-electron chi connectivity index (χ1n) is 9.16. The molecule has 0 atom stereocenters. The lowest BCUT2D eigenvalue weighted by Gasteiger charge is -2.29. The summed E-state index contributed by atoms with van der Waals surface area (Å²) in [5.74, 6) is 0.577. The molecule has 4 rings (SSSR count). The van der Waals surface area contributed by atoms with E-state index >= 15 is 0 Å². The van der Waals surface area contributed by atoms with Gasteiger partial charge in [0, 0.05) is 11.1 Å². The highest BCUT2D eigenvalue weighted by Gasteiger charge is 2.25. The van der Waals surface area contributed by atoms with Crippen molar-refractivity contribution in [3.05, 3.63) is 71.6 Å². The van der Waals surface area contributed by atoms with Crippen LogP contribution in [0.4, 0.5) is 8.78 Å². The van der Waals surface area contributed by atoms with Gasteiger partial charge in [-0.05, 0) is 30.3 Å². The molecule has 1 aromatic heterocycles. The van der Waals surface area contributed by atoms with Crippen LogP contribution in [-0.2, 0) is 13.1 Å². The molecule has 3 aromatic rings. The van der Waals surface area contributed by atoms with Crippen LogP contribution in [0.1, 0.15) is 11.5 Å². The molecule has 1 aliphatic rings. The van der Waals surface area contributed by atoms with Crippen LogP contribution in [0.25, 0.3) is 11.5 Å². The summed E-state index contributed by atoms with van der Waals surface area (Å²) in [6.07, 6.45) is 0. The van der Waals surface area contributed by atoms with Crippen LogP contribution in [0.2, 0.25) is 0 Å². The van der Waals surface area contributed by atoms with E-state index in [4.69, 9.17) is 4.42 Å². The second-order valence-corrected chi connectivity index (χ2v) is 6.95. The van der Waals surface area contributed by atoms with Gasteiger partial charge in [-0.25, -0.2) is 8.78 Å². The third-order valence-corrected chi connectivity index (χ3v) is 5.02. The number of quaternary nitrogens is 2. The van der Waals surface area contributed by atoms with E-state index in [1.165, 1.54) is 28.0 Å². The fourth-order valence-corrected chi connectivity index (χ4v) is 3.47. The molecule has 140 valence electrons. The van der Waals surface area contributed by atoms with E-state index in [1.807, 2.05) is 12.1 Å². The number of nitrogens with one attached hydrogen (secondary N) is 2. The number of hydrogen-bond acceptors (Lipinski definition) is 3. The second-order valence-electron chi connectivity index (χ2n) is 6.95. The van der Waals surface area contributed by atoms with Crippen molar-refractivity contribution < 1.29 is 23.0 Å². The molecule has 0 saturated carbocycles. The van der Waals surface area contributed by atoms with Crippen LogP contribution >= 0.6 is 0 Å². The van der Waals surface area contributed by atoms with E-state index < -0.39 is 0 Å². The van der Waals surface area contributed by atoms with Crippen molar-refractivity contribution >= 4 is 0 Å². The van der Waals surface area contributed by atoms with Gasteiger partial charge < -0.3 is 14.2 Å². The van der Waals surface area contributed by atoms with Crippen molar-refractivity contribution in [1.29, 1.82) is 0 Å². The Bertz CT molecular complexity index is 889. The van der Waals surface area contributed by atoms with E-state index in [0.717, 1.165) is 38.3 Å². The van der Waals surface area contributed by atoms with E-state index in [0.29, 0.717) is 23.9 Å². The lowest BCUT2D eigenvalue weighted by Crippen LogP contribution is -3.27. The second kappa shape index (κ2) is 7.94. The predicted octanol–water partition coefficient (Wildman–Crippen LogP) is 0.498. The summed E-state index contributed by atoms with van der Waals surface area (Å²) < 4.78 is 32.6. The Morgan fingerprint density at radius 2 is 1.48 bits per heavy atom. The van der Waals surface area contributed by atoms with E-state index in [1.54, 1.807) is 18.2 Å². The number of aromatic nitrogens is 2. The van der Waals surface area contributed by atoms with Gasteiger partial charge in [0.15, 0.2) is 6.54 Å². The Kier molecular flexibility index (Phi) is 5.22. The number of halogens is 2. The molecule has 0 amide bonds. The zero-order valence-electron chi connectivity index (χ0n) is 14.9. The van der Waals surface area contributed by atoms with Crippen LogP contribution in [0.3, 0.4) is 0 Å². The van der Waals surface area contributed by atoms with Gasteiger partial charge in [0.1, 0.15) is 44.4 Å². The summed E-state index contributed by atoms with van der Waals surface area (Å²) in [6, 6.07) is 13.0. The SMILES string of the molecule is Fc1ccc(-c2nnc(C[NH+]3CC[NH+](Cc4ccccc4F)CC3)o2)cc1. The molecule has 1 saturated heterocycles. The Labute approximate surface area is 156 Å². The highest BCUT2D eigenvalue weighted by Crippen LogP contribution is 2.17.